The lowest BCUT2D eigenvalue weighted by atomic mass is 10.2. The molecule has 0 aliphatic heterocycles. The molecule has 3 N–H and O–H groups in total. The third kappa shape index (κ3) is 5.70. The molecule has 0 atom stereocenters. The molecular weight excluding hydrogens is 206 g/mol. The van der Waals surface area contributed by atoms with E-state index >= 15 is 0 Å². The predicted molar refractivity (Wildman–Crippen MR) is 62.0 cm³/mol. The number of amides is 2. The second kappa shape index (κ2) is 7.22. The Bertz CT molecular complexity index is 237. The maximum absolute atomic E-state index is 11.4. The van der Waals surface area contributed by atoms with Crippen molar-refractivity contribution < 1.29 is 9.59 Å². The molecule has 0 spiro atoms. The van der Waals surface area contributed by atoms with Gasteiger partial charge in [-0.05, 0) is 12.8 Å². The fourth-order valence-corrected chi connectivity index (χ4v) is 1.87. The molecule has 0 saturated heterocycles. The fourth-order valence-electron chi connectivity index (χ4n) is 1.87. The average molecular weight is 227 g/mol. The van der Waals surface area contributed by atoms with Crippen LogP contribution < -0.4 is 16.0 Å². The Hall–Kier alpha value is -1.10. The summed E-state index contributed by atoms with van der Waals surface area (Å²) in [6.45, 7) is 2.82. The van der Waals surface area contributed by atoms with Gasteiger partial charge in [0.1, 0.15) is 0 Å². The fraction of sp³-hybridized carbons (Fsp3) is 0.818. The number of carbonyl (C=O) groups excluding carboxylic acids is 2. The first kappa shape index (κ1) is 13.0. The number of nitrogens with one attached hydrogen (secondary N) is 3. The van der Waals surface area contributed by atoms with E-state index in [0.29, 0.717) is 25.7 Å². The van der Waals surface area contributed by atoms with Gasteiger partial charge in [-0.15, -0.1) is 0 Å². The zero-order valence-electron chi connectivity index (χ0n) is 9.84. The lowest BCUT2D eigenvalue weighted by Crippen LogP contribution is -2.40. The van der Waals surface area contributed by atoms with Crippen LogP contribution in [-0.4, -0.2) is 37.5 Å². The summed E-state index contributed by atoms with van der Waals surface area (Å²) in [5.74, 6) is -0.0735. The van der Waals surface area contributed by atoms with E-state index in [1.54, 1.807) is 0 Å². The molecule has 5 heteroatoms. The summed E-state index contributed by atoms with van der Waals surface area (Å²) < 4.78 is 0. The van der Waals surface area contributed by atoms with Crippen LogP contribution >= 0.6 is 0 Å². The van der Waals surface area contributed by atoms with Crippen LogP contribution in [0.4, 0.5) is 0 Å². The quantitative estimate of drug-likeness (QED) is 0.549. The molecule has 92 valence electrons. The molecule has 0 aromatic carbocycles. The van der Waals surface area contributed by atoms with Crippen molar-refractivity contribution in [2.75, 3.05) is 19.6 Å². The topological polar surface area (TPSA) is 70.2 Å². The minimum absolute atomic E-state index is 0.00254. The largest absolute Gasteiger partial charge is 0.355 e. The van der Waals surface area contributed by atoms with Crippen molar-refractivity contribution in [1.82, 2.24) is 16.0 Å². The number of hydrogen-bond acceptors (Lipinski definition) is 3. The van der Waals surface area contributed by atoms with E-state index in [4.69, 9.17) is 0 Å². The van der Waals surface area contributed by atoms with E-state index in [2.05, 4.69) is 16.0 Å². The van der Waals surface area contributed by atoms with E-state index in [1.807, 2.05) is 0 Å². The van der Waals surface area contributed by atoms with Gasteiger partial charge < -0.3 is 16.0 Å². The number of hydrogen-bond donors (Lipinski definition) is 3. The van der Waals surface area contributed by atoms with Crippen LogP contribution in [0.15, 0.2) is 0 Å². The standard InChI is InChI=1S/C11H21N3O2/c1-9(15)12-6-7-13-11(16)8-14-10-4-2-3-5-10/h10,14H,2-8H2,1H3,(H,12,15)(H,13,16). The lowest BCUT2D eigenvalue weighted by molar-refractivity contribution is -0.121. The van der Waals surface area contributed by atoms with Crippen molar-refractivity contribution in [1.29, 1.82) is 0 Å². The second-order valence-electron chi connectivity index (χ2n) is 4.20. The molecule has 5 nitrogen and oxygen atoms in total. The highest BCUT2D eigenvalue weighted by atomic mass is 16.2. The van der Waals surface area contributed by atoms with Gasteiger partial charge in [0.25, 0.3) is 0 Å². The Balaban J connectivity index is 1.95. The van der Waals surface area contributed by atoms with Crippen molar-refractivity contribution in [3.63, 3.8) is 0 Å². The highest BCUT2D eigenvalue weighted by Gasteiger charge is 2.14. The van der Waals surface area contributed by atoms with Crippen LogP contribution in [0.2, 0.25) is 0 Å². The highest BCUT2D eigenvalue weighted by Crippen LogP contribution is 2.16. The monoisotopic (exact) mass is 227 g/mol. The molecule has 1 saturated carbocycles. The van der Waals surface area contributed by atoms with Crippen LogP contribution in [0.25, 0.3) is 0 Å². The normalized spacial score (nSPS) is 16.1. The zero-order valence-corrected chi connectivity index (χ0v) is 9.84. The van der Waals surface area contributed by atoms with Gasteiger partial charge >= 0.3 is 0 Å². The van der Waals surface area contributed by atoms with E-state index in [1.165, 1.54) is 32.6 Å². The first-order valence-corrected chi connectivity index (χ1v) is 5.93. The van der Waals surface area contributed by atoms with Gasteiger partial charge in [-0.3, -0.25) is 9.59 Å². The van der Waals surface area contributed by atoms with Gasteiger partial charge in [0.05, 0.1) is 6.54 Å². The Labute approximate surface area is 96.4 Å². The molecule has 0 heterocycles. The Morgan fingerprint density at radius 1 is 1.12 bits per heavy atom. The van der Waals surface area contributed by atoms with Crippen molar-refractivity contribution >= 4 is 11.8 Å². The van der Waals surface area contributed by atoms with E-state index in [-0.39, 0.29) is 11.8 Å². The molecule has 2 amide bonds. The first-order valence-electron chi connectivity index (χ1n) is 5.93. The van der Waals surface area contributed by atoms with E-state index in [9.17, 15) is 9.59 Å². The lowest BCUT2D eigenvalue weighted by Gasteiger charge is -2.11. The minimum Gasteiger partial charge on any atom is -0.355 e. The molecule has 0 radical (unpaired) electrons. The van der Waals surface area contributed by atoms with Crippen LogP contribution in [0.1, 0.15) is 32.6 Å². The molecule has 1 rings (SSSR count). The minimum atomic E-state index is -0.0710. The van der Waals surface area contributed by atoms with Gasteiger partial charge in [-0.25, -0.2) is 0 Å². The summed E-state index contributed by atoms with van der Waals surface area (Å²) in [5, 5.41) is 8.60. The van der Waals surface area contributed by atoms with Crippen molar-refractivity contribution in [2.24, 2.45) is 0 Å². The first-order chi connectivity index (χ1) is 7.68. The Kier molecular flexibility index (Phi) is 5.85. The van der Waals surface area contributed by atoms with Crippen molar-refractivity contribution in [3.05, 3.63) is 0 Å². The molecule has 0 aromatic heterocycles. The molecule has 1 aliphatic rings. The van der Waals surface area contributed by atoms with Crippen LogP contribution in [0, 0.1) is 0 Å². The molecule has 0 aromatic rings. The average Bonchev–Trinajstić information content (AvgIpc) is 2.74. The molecule has 16 heavy (non-hydrogen) atoms. The van der Waals surface area contributed by atoms with Gasteiger partial charge in [0, 0.05) is 26.1 Å². The van der Waals surface area contributed by atoms with Crippen molar-refractivity contribution in [2.45, 2.75) is 38.6 Å². The molecule has 1 fully saturated rings. The van der Waals surface area contributed by atoms with Crippen molar-refractivity contribution in [3.8, 4) is 0 Å². The van der Waals surface area contributed by atoms with E-state index in [0.717, 1.165) is 0 Å². The van der Waals surface area contributed by atoms with Crippen LogP contribution in [-0.2, 0) is 9.59 Å². The molecule has 0 unspecified atom stereocenters. The maximum Gasteiger partial charge on any atom is 0.234 e. The summed E-state index contributed by atoms with van der Waals surface area (Å²) >= 11 is 0. The molecule has 0 bridgehead atoms. The third-order valence-electron chi connectivity index (χ3n) is 2.73. The van der Waals surface area contributed by atoms with Crippen LogP contribution in [0.5, 0.6) is 0 Å². The summed E-state index contributed by atoms with van der Waals surface area (Å²) in [6, 6.07) is 0.515. The smallest absolute Gasteiger partial charge is 0.234 e. The van der Waals surface area contributed by atoms with Crippen LogP contribution in [0.3, 0.4) is 0 Å². The molecular formula is C11H21N3O2. The zero-order chi connectivity index (χ0) is 11.8. The van der Waals surface area contributed by atoms with Gasteiger partial charge in [0.2, 0.25) is 11.8 Å². The number of carbonyl (C=O) groups is 2. The Morgan fingerprint density at radius 3 is 2.38 bits per heavy atom. The van der Waals surface area contributed by atoms with Gasteiger partial charge in [-0.2, -0.15) is 0 Å². The summed E-state index contributed by atoms with van der Waals surface area (Å²) in [6.07, 6.45) is 4.89. The highest BCUT2D eigenvalue weighted by molar-refractivity contribution is 5.78. The van der Waals surface area contributed by atoms with E-state index < -0.39 is 0 Å². The summed E-state index contributed by atoms with van der Waals surface area (Å²) in [5.41, 5.74) is 0. The molecule has 1 aliphatic carbocycles. The van der Waals surface area contributed by atoms with Gasteiger partial charge in [0.15, 0.2) is 0 Å². The SMILES string of the molecule is CC(=O)NCCNC(=O)CNC1CCCC1. The number of rotatable bonds is 6. The predicted octanol–water partition coefficient (Wildman–Crippen LogP) is -0.229. The summed E-state index contributed by atoms with van der Waals surface area (Å²) in [7, 11) is 0. The maximum atomic E-state index is 11.4. The van der Waals surface area contributed by atoms with Gasteiger partial charge in [-0.1, -0.05) is 12.8 Å². The Morgan fingerprint density at radius 2 is 1.75 bits per heavy atom. The summed E-state index contributed by atoms with van der Waals surface area (Å²) in [4.78, 5) is 21.9. The second-order valence-corrected chi connectivity index (χ2v) is 4.20. The third-order valence-corrected chi connectivity index (χ3v) is 2.73.